The van der Waals surface area contributed by atoms with E-state index in [0.29, 0.717) is 16.5 Å². The second kappa shape index (κ2) is 7.96. The number of aromatic nitrogens is 2. The summed E-state index contributed by atoms with van der Waals surface area (Å²) in [6.45, 7) is 0. The highest BCUT2D eigenvalue weighted by atomic mass is 35.5. The zero-order valence-electron chi connectivity index (χ0n) is 12.8. The van der Waals surface area contributed by atoms with Gasteiger partial charge in [0.2, 0.25) is 11.8 Å². The van der Waals surface area contributed by atoms with Gasteiger partial charge in [-0.1, -0.05) is 41.6 Å². The van der Waals surface area contributed by atoms with Gasteiger partial charge in [0.05, 0.1) is 5.75 Å². The number of imide groups is 1. The maximum Gasteiger partial charge on any atom is 0.277 e. The van der Waals surface area contributed by atoms with Crippen molar-refractivity contribution >= 4 is 35.2 Å². The van der Waals surface area contributed by atoms with Gasteiger partial charge in [-0.05, 0) is 36.4 Å². The van der Waals surface area contributed by atoms with Crippen LogP contribution in [0.2, 0.25) is 5.02 Å². The molecule has 3 aromatic rings. The molecule has 25 heavy (non-hydrogen) atoms. The number of nitrogens with one attached hydrogen (secondary N) is 1. The molecule has 126 valence electrons. The summed E-state index contributed by atoms with van der Waals surface area (Å²) in [5.74, 6) is -0.565. The van der Waals surface area contributed by atoms with Crippen LogP contribution < -0.4 is 5.32 Å². The van der Waals surface area contributed by atoms with Crippen molar-refractivity contribution in [3.05, 3.63) is 65.2 Å². The molecule has 0 saturated carbocycles. The van der Waals surface area contributed by atoms with Crippen LogP contribution in [-0.2, 0) is 4.79 Å². The molecular formula is C17H12ClN3O3S. The van der Waals surface area contributed by atoms with Crippen molar-refractivity contribution in [2.45, 2.75) is 5.22 Å². The Balaban J connectivity index is 1.54. The van der Waals surface area contributed by atoms with Gasteiger partial charge in [0.25, 0.3) is 11.1 Å². The van der Waals surface area contributed by atoms with E-state index in [4.69, 9.17) is 16.0 Å². The monoisotopic (exact) mass is 373 g/mol. The van der Waals surface area contributed by atoms with Crippen LogP contribution in [0.5, 0.6) is 0 Å². The van der Waals surface area contributed by atoms with Gasteiger partial charge in [-0.3, -0.25) is 14.9 Å². The normalized spacial score (nSPS) is 10.4. The van der Waals surface area contributed by atoms with Crippen LogP contribution >= 0.6 is 23.4 Å². The number of hydrogen-bond acceptors (Lipinski definition) is 6. The largest absolute Gasteiger partial charge is 0.411 e. The quantitative estimate of drug-likeness (QED) is 0.689. The fourth-order valence-electron chi connectivity index (χ4n) is 1.93. The topological polar surface area (TPSA) is 85.1 Å². The zero-order chi connectivity index (χ0) is 17.6. The Morgan fingerprint density at radius 3 is 2.48 bits per heavy atom. The lowest BCUT2D eigenvalue weighted by Crippen LogP contribution is -2.31. The first kappa shape index (κ1) is 17.2. The van der Waals surface area contributed by atoms with E-state index >= 15 is 0 Å². The Morgan fingerprint density at radius 1 is 1.04 bits per heavy atom. The molecular weight excluding hydrogens is 362 g/mol. The number of rotatable bonds is 5. The molecule has 0 aliphatic rings. The molecule has 3 rings (SSSR count). The number of benzene rings is 2. The Morgan fingerprint density at radius 2 is 1.76 bits per heavy atom. The summed E-state index contributed by atoms with van der Waals surface area (Å²) in [6, 6.07) is 15.5. The molecule has 0 radical (unpaired) electrons. The van der Waals surface area contributed by atoms with Crippen LogP contribution in [0.15, 0.2) is 64.2 Å². The molecule has 2 amide bonds. The Labute approximate surface area is 152 Å². The number of carbonyl (C=O) groups excluding carboxylic acids is 2. The van der Waals surface area contributed by atoms with Crippen molar-refractivity contribution in [3.8, 4) is 11.5 Å². The number of carbonyl (C=O) groups is 2. The molecule has 8 heteroatoms. The molecule has 1 N–H and O–H groups in total. The van der Waals surface area contributed by atoms with Crippen molar-refractivity contribution < 1.29 is 14.0 Å². The van der Waals surface area contributed by atoms with E-state index < -0.39 is 11.8 Å². The smallest absolute Gasteiger partial charge is 0.277 e. The van der Waals surface area contributed by atoms with Gasteiger partial charge in [-0.15, -0.1) is 10.2 Å². The fourth-order valence-corrected chi connectivity index (χ4v) is 2.62. The summed E-state index contributed by atoms with van der Waals surface area (Å²) in [7, 11) is 0. The molecule has 2 aromatic carbocycles. The maximum atomic E-state index is 11.9. The highest BCUT2D eigenvalue weighted by Gasteiger charge is 2.13. The first-order valence-electron chi connectivity index (χ1n) is 7.23. The number of amides is 2. The van der Waals surface area contributed by atoms with Gasteiger partial charge in [-0.2, -0.15) is 0 Å². The van der Waals surface area contributed by atoms with E-state index in [1.807, 2.05) is 0 Å². The minimum absolute atomic E-state index is 0.0131. The maximum absolute atomic E-state index is 11.9. The standard InChI is InChI=1S/C17H12ClN3O3S/c18-13-8-6-12(7-9-13)16-20-21-17(24-16)25-10-14(22)19-15(23)11-4-2-1-3-5-11/h1-9H,10H2,(H,19,22,23). The van der Waals surface area contributed by atoms with Crippen LogP contribution in [0.3, 0.4) is 0 Å². The summed E-state index contributed by atoms with van der Waals surface area (Å²) in [5, 5.41) is 11.0. The lowest BCUT2D eigenvalue weighted by Gasteiger charge is -2.02. The highest BCUT2D eigenvalue weighted by molar-refractivity contribution is 7.99. The molecule has 0 saturated heterocycles. The SMILES string of the molecule is O=C(CSc1nnc(-c2ccc(Cl)cc2)o1)NC(=O)c1ccccc1. The average Bonchev–Trinajstić information content (AvgIpc) is 3.10. The van der Waals surface area contributed by atoms with Crippen molar-refractivity contribution in [3.63, 3.8) is 0 Å². The first-order chi connectivity index (χ1) is 12.1. The van der Waals surface area contributed by atoms with Gasteiger partial charge < -0.3 is 4.42 Å². The summed E-state index contributed by atoms with van der Waals surface area (Å²) >= 11 is 6.89. The van der Waals surface area contributed by atoms with Gasteiger partial charge in [0.1, 0.15) is 0 Å². The third kappa shape index (κ3) is 4.68. The molecule has 0 unspecified atom stereocenters. The molecule has 0 aliphatic heterocycles. The third-order valence-corrected chi connectivity index (χ3v) is 4.18. The Hall–Kier alpha value is -2.64. The summed E-state index contributed by atoms with van der Waals surface area (Å²) < 4.78 is 5.48. The fraction of sp³-hybridized carbons (Fsp3) is 0.0588. The van der Waals surface area contributed by atoms with Crippen molar-refractivity contribution in [2.75, 3.05) is 5.75 Å². The number of nitrogens with zero attached hydrogens (tertiary/aromatic N) is 2. The van der Waals surface area contributed by atoms with Crippen LogP contribution in [0.4, 0.5) is 0 Å². The predicted molar refractivity (Wildman–Crippen MR) is 94.4 cm³/mol. The molecule has 6 nitrogen and oxygen atoms in total. The van der Waals surface area contributed by atoms with Crippen LogP contribution in [0.25, 0.3) is 11.5 Å². The number of halogens is 1. The van der Waals surface area contributed by atoms with E-state index in [2.05, 4.69) is 15.5 Å². The van der Waals surface area contributed by atoms with E-state index in [0.717, 1.165) is 17.3 Å². The molecule has 0 spiro atoms. The van der Waals surface area contributed by atoms with Gasteiger partial charge in [0.15, 0.2) is 0 Å². The van der Waals surface area contributed by atoms with Crippen molar-refractivity contribution in [1.29, 1.82) is 0 Å². The summed E-state index contributed by atoms with van der Waals surface area (Å²) in [5.41, 5.74) is 1.15. The lowest BCUT2D eigenvalue weighted by atomic mass is 10.2. The van der Waals surface area contributed by atoms with Crippen LogP contribution in [-0.4, -0.2) is 27.8 Å². The van der Waals surface area contributed by atoms with Crippen molar-refractivity contribution in [2.24, 2.45) is 0 Å². The lowest BCUT2D eigenvalue weighted by molar-refractivity contribution is -0.117. The molecule has 1 heterocycles. The minimum Gasteiger partial charge on any atom is -0.411 e. The van der Waals surface area contributed by atoms with Crippen LogP contribution in [0, 0.1) is 0 Å². The van der Waals surface area contributed by atoms with Crippen molar-refractivity contribution in [1.82, 2.24) is 15.5 Å². The Kier molecular flexibility index (Phi) is 5.47. The van der Waals surface area contributed by atoms with E-state index in [1.54, 1.807) is 54.6 Å². The predicted octanol–water partition coefficient (Wildman–Crippen LogP) is 3.44. The molecule has 0 fully saturated rings. The zero-order valence-corrected chi connectivity index (χ0v) is 14.4. The summed E-state index contributed by atoms with van der Waals surface area (Å²) in [4.78, 5) is 23.7. The van der Waals surface area contributed by atoms with E-state index in [-0.39, 0.29) is 11.0 Å². The van der Waals surface area contributed by atoms with Gasteiger partial charge in [0, 0.05) is 16.1 Å². The summed E-state index contributed by atoms with van der Waals surface area (Å²) in [6.07, 6.45) is 0. The molecule has 0 bridgehead atoms. The average molecular weight is 374 g/mol. The van der Waals surface area contributed by atoms with E-state index in [9.17, 15) is 9.59 Å². The third-order valence-electron chi connectivity index (χ3n) is 3.11. The molecule has 0 atom stereocenters. The number of hydrogen-bond donors (Lipinski definition) is 1. The second-order valence-electron chi connectivity index (χ2n) is 4.91. The molecule has 1 aromatic heterocycles. The Bertz CT molecular complexity index is 882. The van der Waals surface area contributed by atoms with Gasteiger partial charge >= 0.3 is 0 Å². The van der Waals surface area contributed by atoms with Crippen LogP contribution in [0.1, 0.15) is 10.4 Å². The number of thioether (sulfide) groups is 1. The second-order valence-corrected chi connectivity index (χ2v) is 6.28. The minimum atomic E-state index is -0.446. The molecule has 0 aliphatic carbocycles. The first-order valence-corrected chi connectivity index (χ1v) is 8.59. The van der Waals surface area contributed by atoms with Gasteiger partial charge in [-0.25, -0.2) is 0 Å². The highest BCUT2D eigenvalue weighted by Crippen LogP contribution is 2.24. The van der Waals surface area contributed by atoms with E-state index in [1.165, 1.54) is 0 Å².